The second-order valence-corrected chi connectivity index (χ2v) is 6.73. The van der Waals surface area contributed by atoms with Gasteiger partial charge in [0.2, 0.25) is 10.0 Å². The van der Waals surface area contributed by atoms with Gasteiger partial charge in [0, 0.05) is 0 Å². The van der Waals surface area contributed by atoms with Crippen LogP contribution in [0.5, 0.6) is 0 Å². The number of primary sulfonamides is 1. The van der Waals surface area contributed by atoms with Crippen LogP contribution in [0.4, 0.5) is 0 Å². The number of rotatable bonds is 5. The van der Waals surface area contributed by atoms with Crippen molar-refractivity contribution < 1.29 is 17.9 Å². The van der Waals surface area contributed by atoms with Crippen molar-refractivity contribution in [1.82, 2.24) is 0 Å². The van der Waals surface area contributed by atoms with E-state index in [0.29, 0.717) is 17.5 Å². The molecule has 0 aliphatic carbocycles. The van der Waals surface area contributed by atoms with E-state index in [0.717, 1.165) is 5.56 Å². The first-order valence-electron chi connectivity index (χ1n) is 7.20. The predicted octanol–water partition coefficient (Wildman–Crippen LogP) is 2.41. The highest BCUT2D eigenvalue weighted by atomic mass is 32.2. The number of aryl methyl sites for hydroxylation is 1. The largest absolute Gasteiger partial charge is 0.462 e. The molecule has 23 heavy (non-hydrogen) atoms. The normalized spacial score (nSPS) is 11.3. The predicted molar refractivity (Wildman–Crippen MR) is 87.8 cm³/mol. The lowest BCUT2D eigenvalue weighted by atomic mass is 9.98. The van der Waals surface area contributed by atoms with Gasteiger partial charge in [-0.05, 0) is 49.1 Å². The molecule has 0 fully saturated rings. The van der Waals surface area contributed by atoms with Gasteiger partial charge in [-0.3, -0.25) is 0 Å². The van der Waals surface area contributed by atoms with Crippen LogP contribution in [0, 0.1) is 6.92 Å². The smallest absolute Gasteiger partial charge is 0.338 e. The summed E-state index contributed by atoms with van der Waals surface area (Å²) in [5.74, 6) is -0.563. The molecule has 0 spiro atoms. The molecule has 0 bridgehead atoms. The van der Waals surface area contributed by atoms with Crippen LogP contribution in [0.3, 0.4) is 0 Å². The number of ether oxygens (including phenoxy) is 1. The van der Waals surface area contributed by atoms with Gasteiger partial charge < -0.3 is 4.74 Å². The Balaban J connectivity index is 2.55. The number of sulfonamides is 1. The van der Waals surface area contributed by atoms with Crippen LogP contribution in [0.25, 0.3) is 0 Å². The molecular formula is C17H19NO4S. The van der Waals surface area contributed by atoms with E-state index in [1.54, 1.807) is 19.9 Å². The average molecular weight is 333 g/mol. The van der Waals surface area contributed by atoms with Gasteiger partial charge in [0.05, 0.1) is 17.1 Å². The first kappa shape index (κ1) is 17.2. The Labute approximate surface area is 136 Å². The molecule has 2 aromatic rings. The van der Waals surface area contributed by atoms with Crippen LogP contribution in [0.15, 0.2) is 47.4 Å². The molecule has 5 nitrogen and oxygen atoms in total. The van der Waals surface area contributed by atoms with Gasteiger partial charge in [0.15, 0.2) is 0 Å². The summed E-state index contributed by atoms with van der Waals surface area (Å²) in [6, 6.07) is 12.4. The van der Waals surface area contributed by atoms with Crippen molar-refractivity contribution in [1.29, 1.82) is 0 Å². The van der Waals surface area contributed by atoms with E-state index in [-0.39, 0.29) is 17.1 Å². The summed E-state index contributed by atoms with van der Waals surface area (Å²) < 4.78 is 28.8. The van der Waals surface area contributed by atoms with Crippen LogP contribution >= 0.6 is 0 Å². The van der Waals surface area contributed by atoms with Crippen molar-refractivity contribution in [3.8, 4) is 0 Å². The van der Waals surface area contributed by atoms with Crippen LogP contribution in [-0.4, -0.2) is 21.0 Å². The number of hydrogen-bond donors (Lipinski definition) is 1. The minimum atomic E-state index is -3.95. The fourth-order valence-corrected chi connectivity index (χ4v) is 3.27. The standard InChI is InChI=1S/C17H19NO4S/c1-3-22-17(19)14-9-12(2)15(16(11-14)23(18,20)21)10-13-7-5-4-6-8-13/h4-9,11H,3,10H2,1-2H3,(H2,18,20,21). The first-order valence-corrected chi connectivity index (χ1v) is 8.75. The molecule has 0 aliphatic heterocycles. The lowest BCUT2D eigenvalue weighted by Crippen LogP contribution is -2.17. The van der Waals surface area contributed by atoms with Crippen LogP contribution in [0.2, 0.25) is 0 Å². The molecule has 2 aromatic carbocycles. The lowest BCUT2D eigenvalue weighted by molar-refractivity contribution is 0.0526. The van der Waals surface area contributed by atoms with Crippen molar-refractivity contribution in [3.05, 3.63) is 64.7 Å². The number of carbonyl (C=O) groups excluding carboxylic acids is 1. The second-order valence-electron chi connectivity index (χ2n) is 5.20. The highest BCUT2D eigenvalue weighted by Gasteiger charge is 2.20. The van der Waals surface area contributed by atoms with Crippen molar-refractivity contribution in [3.63, 3.8) is 0 Å². The van der Waals surface area contributed by atoms with E-state index in [9.17, 15) is 13.2 Å². The maximum atomic E-state index is 12.0. The van der Waals surface area contributed by atoms with Gasteiger partial charge in [-0.15, -0.1) is 0 Å². The third-order valence-electron chi connectivity index (χ3n) is 3.47. The maximum absolute atomic E-state index is 12.0. The van der Waals surface area contributed by atoms with E-state index >= 15 is 0 Å². The quantitative estimate of drug-likeness (QED) is 0.851. The van der Waals surface area contributed by atoms with Gasteiger partial charge in [0.25, 0.3) is 0 Å². The SMILES string of the molecule is CCOC(=O)c1cc(C)c(Cc2ccccc2)c(S(N)(=O)=O)c1. The van der Waals surface area contributed by atoms with Crippen LogP contribution in [-0.2, 0) is 21.2 Å². The van der Waals surface area contributed by atoms with Gasteiger partial charge in [-0.1, -0.05) is 30.3 Å². The molecule has 0 radical (unpaired) electrons. The fraction of sp³-hybridized carbons (Fsp3) is 0.235. The first-order chi connectivity index (χ1) is 10.8. The van der Waals surface area contributed by atoms with Gasteiger partial charge >= 0.3 is 5.97 Å². The Morgan fingerprint density at radius 3 is 2.39 bits per heavy atom. The van der Waals surface area contributed by atoms with E-state index in [1.807, 2.05) is 30.3 Å². The molecular weight excluding hydrogens is 314 g/mol. The summed E-state index contributed by atoms with van der Waals surface area (Å²) in [4.78, 5) is 11.9. The van der Waals surface area contributed by atoms with E-state index < -0.39 is 16.0 Å². The Morgan fingerprint density at radius 2 is 1.83 bits per heavy atom. The Bertz CT molecular complexity index is 814. The number of benzene rings is 2. The summed E-state index contributed by atoms with van der Waals surface area (Å²) in [5.41, 5.74) is 2.42. The van der Waals surface area contributed by atoms with Gasteiger partial charge in [-0.2, -0.15) is 0 Å². The summed E-state index contributed by atoms with van der Waals surface area (Å²) in [6.07, 6.45) is 0.418. The van der Waals surface area contributed by atoms with E-state index in [2.05, 4.69) is 0 Å². The Hall–Kier alpha value is -2.18. The molecule has 0 aliphatic rings. The minimum Gasteiger partial charge on any atom is -0.462 e. The topological polar surface area (TPSA) is 86.5 Å². The molecule has 2 N–H and O–H groups in total. The van der Waals surface area contributed by atoms with Crippen molar-refractivity contribution >= 4 is 16.0 Å². The number of carbonyl (C=O) groups is 1. The Kier molecular flexibility index (Phi) is 5.18. The third-order valence-corrected chi connectivity index (χ3v) is 4.45. The summed E-state index contributed by atoms with van der Waals surface area (Å²) in [5, 5.41) is 5.34. The molecule has 0 saturated carbocycles. The lowest BCUT2D eigenvalue weighted by Gasteiger charge is -2.14. The highest BCUT2D eigenvalue weighted by molar-refractivity contribution is 7.89. The zero-order valence-electron chi connectivity index (χ0n) is 13.1. The van der Waals surface area contributed by atoms with Gasteiger partial charge in [-0.25, -0.2) is 18.4 Å². The zero-order valence-corrected chi connectivity index (χ0v) is 13.9. The summed E-state index contributed by atoms with van der Waals surface area (Å²) >= 11 is 0. The number of nitrogens with two attached hydrogens (primary N) is 1. The molecule has 2 rings (SSSR count). The summed E-state index contributed by atoms with van der Waals surface area (Å²) in [7, 11) is -3.95. The van der Waals surface area contributed by atoms with E-state index in [1.165, 1.54) is 6.07 Å². The van der Waals surface area contributed by atoms with Crippen LogP contribution < -0.4 is 5.14 Å². The molecule has 0 aromatic heterocycles. The fourth-order valence-electron chi connectivity index (χ4n) is 2.40. The van der Waals surface area contributed by atoms with E-state index in [4.69, 9.17) is 9.88 Å². The minimum absolute atomic E-state index is 0.0376. The molecule has 0 unspecified atom stereocenters. The van der Waals surface area contributed by atoms with Crippen LogP contribution in [0.1, 0.15) is 34.0 Å². The average Bonchev–Trinajstić information content (AvgIpc) is 2.49. The van der Waals surface area contributed by atoms with Crippen molar-refractivity contribution in [2.24, 2.45) is 5.14 Å². The molecule has 122 valence electrons. The third kappa shape index (κ3) is 4.18. The number of esters is 1. The monoisotopic (exact) mass is 333 g/mol. The van der Waals surface area contributed by atoms with Crippen molar-refractivity contribution in [2.45, 2.75) is 25.2 Å². The molecule has 0 atom stereocenters. The van der Waals surface area contributed by atoms with Crippen molar-refractivity contribution in [2.75, 3.05) is 6.61 Å². The molecule has 0 amide bonds. The maximum Gasteiger partial charge on any atom is 0.338 e. The zero-order chi connectivity index (χ0) is 17.0. The Morgan fingerprint density at radius 1 is 1.17 bits per heavy atom. The highest BCUT2D eigenvalue weighted by Crippen LogP contribution is 2.24. The number of hydrogen-bond acceptors (Lipinski definition) is 4. The summed E-state index contributed by atoms with van der Waals surface area (Å²) in [6.45, 7) is 3.67. The molecule has 6 heteroatoms. The second kappa shape index (κ2) is 6.93. The molecule has 0 saturated heterocycles. The molecule has 0 heterocycles. The van der Waals surface area contributed by atoms with Gasteiger partial charge in [0.1, 0.15) is 0 Å².